The number of aliphatic imine (C=N–C) groups is 1. The Morgan fingerprint density at radius 3 is 2.09 bits per heavy atom. The minimum absolute atomic E-state index is 0.00259. The van der Waals surface area contributed by atoms with E-state index in [1.165, 1.54) is 20.3 Å². The van der Waals surface area contributed by atoms with Crippen LogP contribution >= 0.6 is 0 Å². The molecule has 0 saturated carbocycles. The minimum Gasteiger partial charge on any atom is -0.545 e. The first-order valence-electron chi connectivity index (χ1n) is 6.65. The van der Waals surface area contributed by atoms with Crippen LogP contribution in [0.2, 0.25) is 0 Å². The molecule has 0 saturated heterocycles. The molecule has 0 radical (unpaired) electrons. The Morgan fingerprint density at radius 2 is 1.65 bits per heavy atom. The molecule has 0 aliphatic carbocycles. The number of ether oxygens (including phenoxy) is 2. The smallest absolute Gasteiger partial charge is 0.240 e. The Bertz CT molecular complexity index is 615. The van der Waals surface area contributed by atoms with Crippen LogP contribution in [-0.4, -0.2) is 45.5 Å². The van der Waals surface area contributed by atoms with Crippen LogP contribution in [0.5, 0.6) is 0 Å². The standard InChI is InChI=1S/C15H17NO7/c1-22-5-3-9-11(14(18)19)7-12(16-8-17)10(4-6-23-2)13(9)15(20)21/h7H,3-6H2,1-2H3,(H,18,19)(H,20,21)/p-2. The van der Waals surface area contributed by atoms with Crippen molar-refractivity contribution >= 4 is 23.7 Å². The van der Waals surface area contributed by atoms with Crippen LogP contribution in [0, 0.1) is 0 Å². The monoisotopic (exact) mass is 321 g/mol. The fourth-order valence-electron chi connectivity index (χ4n) is 2.25. The fourth-order valence-corrected chi connectivity index (χ4v) is 2.25. The van der Waals surface area contributed by atoms with Gasteiger partial charge >= 0.3 is 0 Å². The van der Waals surface area contributed by atoms with Crippen molar-refractivity contribution in [1.82, 2.24) is 0 Å². The first kappa shape index (κ1) is 18.5. The van der Waals surface area contributed by atoms with Crippen molar-refractivity contribution in [2.45, 2.75) is 12.8 Å². The molecule has 8 nitrogen and oxygen atoms in total. The van der Waals surface area contributed by atoms with E-state index in [9.17, 15) is 24.6 Å². The molecule has 0 aliphatic rings. The summed E-state index contributed by atoms with van der Waals surface area (Å²) in [6.45, 7) is 0.247. The van der Waals surface area contributed by atoms with E-state index in [1.54, 1.807) is 0 Å². The van der Waals surface area contributed by atoms with Crippen LogP contribution < -0.4 is 10.2 Å². The maximum absolute atomic E-state index is 11.6. The number of carboxylic acids is 2. The minimum atomic E-state index is -1.58. The summed E-state index contributed by atoms with van der Waals surface area (Å²) in [4.78, 5) is 36.8. The van der Waals surface area contributed by atoms with Crippen LogP contribution in [0.4, 0.5) is 5.69 Å². The number of aromatic carboxylic acids is 2. The molecule has 1 aromatic rings. The molecular formula is C15H15NO7-2. The molecule has 0 amide bonds. The van der Waals surface area contributed by atoms with Gasteiger partial charge in [-0.2, -0.15) is 4.99 Å². The average molecular weight is 321 g/mol. The van der Waals surface area contributed by atoms with E-state index < -0.39 is 11.9 Å². The summed E-state index contributed by atoms with van der Waals surface area (Å²) in [5.74, 6) is -3.16. The predicted molar refractivity (Wildman–Crippen MR) is 74.0 cm³/mol. The third kappa shape index (κ3) is 4.46. The second-order valence-electron chi connectivity index (χ2n) is 4.54. The highest BCUT2D eigenvalue weighted by molar-refractivity contribution is 5.98. The van der Waals surface area contributed by atoms with Crippen molar-refractivity contribution in [2.75, 3.05) is 27.4 Å². The lowest BCUT2D eigenvalue weighted by Crippen LogP contribution is -2.30. The first-order valence-corrected chi connectivity index (χ1v) is 6.65. The fraction of sp³-hybridized carbons (Fsp3) is 0.400. The number of hydrogen-bond donors (Lipinski definition) is 0. The molecule has 0 unspecified atom stereocenters. The number of carbonyl (C=O) groups is 2. The van der Waals surface area contributed by atoms with Crippen molar-refractivity contribution in [1.29, 1.82) is 0 Å². The maximum atomic E-state index is 11.6. The summed E-state index contributed by atoms with van der Waals surface area (Å²) in [5.41, 5.74) is -0.683. The number of nitrogens with zero attached hydrogens (tertiary/aromatic N) is 1. The quantitative estimate of drug-likeness (QED) is 0.411. The Balaban J connectivity index is 3.71. The molecule has 0 heterocycles. The van der Waals surface area contributed by atoms with Crippen molar-refractivity contribution in [3.05, 3.63) is 28.3 Å². The molecule has 0 aliphatic heterocycles. The van der Waals surface area contributed by atoms with Gasteiger partial charge in [0, 0.05) is 25.3 Å². The van der Waals surface area contributed by atoms with Crippen molar-refractivity contribution < 1.29 is 34.1 Å². The largest absolute Gasteiger partial charge is 0.545 e. The van der Waals surface area contributed by atoms with Gasteiger partial charge in [0.15, 0.2) is 0 Å². The highest BCUT2D eigenvalue weighted by Gasteiger charge is 2.19. The third-order valence-electron chi connectivity index (χ3n) is 3.22. The Morgan fingerprint density at radius 1 is 1.09 bits per heavy atom. The molecule has 0 atom stereocenters. The molecule has 0 N–H and O–H groups in total. The van der Waals surface area contributed by atoms with Crippen LogP contribution in [0.1, 0.15) is 31.8 Å². The molecular weight excluding hydrogens is 306 g/mol. The molecule has 124 valence electrons. The zero-order chi connectivity index (χ0) is 17.4. The molecule has 1 rings (SSSR count). The molecule has 0 bridgehead atoms. The zero-order valence-corrected chi connectivity index (χ0v) is 12.7. The SMILES string of the molecule is COCCc1c(N=C=O)cc(C(=O)[O-])c(CCOC)c1C(=O)[O-]. The summed E-state index contributed by atoms with van der Waals surface area (Å²) in [5, 5.41) is 22.9. The lowest BCUT2D eigenvalue weighted by molar-refractivity contribution is -0.255. The molecule has 0 fully saturated rings. The van der Waals surface area contributed by atoms with E-state index in [0.29, 0.717) is 0 Å². The molecule has 1 aromatic carbocycles. The van der Waals surface area contributed by atoms with Crippen LogP contribution in [0.3, 0.4) is 0 Å². The van der Waals surface area contributed by atoms with Gasteiger partial charge in [-0.15, -0.1) is 0 Å². The van der Waals surface area contributed by atoms with Gasteiger partial charge < -0.3 is 29.3 Å². The van der Waals surface area contributed by atoms with Crippen molar-refractivity contribution in [3.63, 3.8) is 0 Å². The lowest BCUT2D eigenvalue weighted by atomic mass is 9.91. The van der Waals surface area contributed by atoms with Crippen molar-refractivity contribution in [3.8, 4) is 0 Å². The predicted octanol–water partition coefficient (Wildman–Crippen LogP) is -1.24. The topological polar surface area (TPSA) is 128 Å². The lowest BCUT2D eigenvalue weighted by Gasteiger charge is -2.21. The van der Waals surface area contributed by atoms with Gasteiger partial charge in [-0.05, 0) is 30.0 Å². The normalized spacial score (nSPS) is 10.2. The zero-order valence-electron chi connectivity index (χ0n) is 12.7. The first-order chi connectivity index (χ1) is 11.0. The van der Waals surface area contributed by atoms with Gasteiger partial charge in [0.1, 0.15) is 0 Å². The summed E-state index contributed by atoms with van der Waals surface area (Å²) in [6, 6.07) is 1.09. The molecule has 23 heavy (non-hydrogen) atoms. The summed E-state index contributed by atoms with van der Waals surface area (Å²) < 4.78 is 9.78. The van der Waals surface area contributed by atoms with Gasteiger partial charge in [0.05, 0.1) is 30.8 Å². The van der Waals surface area contributed by atoms with Gasteiger partial charge in [0.2, 0.25) is 6.08 Å². The third-order valence-corrected chi connectivity index (χ3v) is 3.22. The summed E-state index contributed by atoms with van der Waals surface area (Å²) in [6.07, 6.45) is 1.41. The van der Waals surface area contributed by atoms with E-state index in [4.69, 9.17) is 9.47 Å². The number of carboxylic acid groups (broad SMARTS) is 2. The molecule has 8 heteroatoms. The van der Waals surface area contributed by atoms with Gasteiger partial charge in [0.25, 0.3) is 0 Å². The highest BCUT2D eigenvalue weighted by atomic mass is 16.5. The molecule has 0 spiro atoms. The summed E-state index contributed by atoms with van der Waals surface area (Å²) in [7, 11) is 2.82. The van der Waals surface area contributed by atoms with E-state index in [0.717, 1.165) is 6.07 Å². The van der Waals surface area contributed by atoms with Gasteiger partial charge in [-0.3, -0.25) is 0 Å². The highest BCUT2D eigenvalue weighted by Crippen LogP contribution is 2.30. The van der Waals surface area contributed by atoms with Crippen LogP contribution in [0.15, 0.2) is 11.1 Å². The van der Waals surface area contributed by atoms with Gasteiger partial charge in [-0.1, -0.05) is 0 Å². The van der Waals surface area contributed by atoms with Gasteiger partial charge in [-0.25, -0.2) is 4.79 Å². The van der Waals surface area contributed by atoms with Crippen LogP contribution in [0.25, 0.3) is 0 Å². The average Bonchev–Trinajstić information content (AvgIpc) is 2.50. The number of benzene rings is 1. The number of hydrogen-bond acceptors (Lipinski definition) is 8. The number of isocyanates is 1. The van der Waals surface area contributed by atoms with Crippen molar-refractivity contribution in [2.24, 2.45) is 4.99 Å². The summed E-state index contributed by atoms with van der Waals surface area (Å²) >= 11 is 0. The second kappa shape index (κ2) is 8.79. The number of rotatable bonds is 9. The number of carbonyl (C=O) groups excluding carboxylic acids is 3. The Labute approximate surface area is 132 Å². The Hall–Kier alpha value is -2.54. The number of methoxy groups -OCH3 is 2. The van der Waals surface area contributed by atoms with E-state index in [2.05, 4.69) is 4.99 Å². The maximum Gasteiger partial charge on any atom is 0.240 e. The molecule has 0 aromatic heterocycles. The van der Waals surface area contributed by atoms with E-state index >= 15 is 0 Å². The second-order valence-corrected chi connectivity index (χ2v) is 4.54. The Kier molecular flexibility index (Phi) is 7.08. The van der Waals surface area contributed by atoms with E-state index in [1.807, 2.05) is 0 Å². The van der Waals surface area contributed by atoms with Crippen LogP contribution in [-0.2, 0) is 27.1 Å². The van der Waals surface area contributed by atoms with E-state index in [-0.39, 0.29) is 54.0 Å².